The van der Waals surface area contributed by atoms with Crippen LogP contribution < -0.4 is 9.73 Å². The summed E-state index contributed by atoms with van der Waals surface area (Å²) in [7, 11) is -3.67. The molecule has 0 saturated carbocycles. The van der Waals surface area contributed by atoms with Crippen molar-refractivity contribution in [3.05, 3.63) is 81.1 Å². The Morgan fingerprint density at radius 3 is 2.48 bits per heavy atom. The molecule has 0 atom stereocenters. The number of aromatic nitrogens is 1. The number of nitrogens with one attached hydrogen (secondary N) is 1. The molecule has 3 rings (SSSR count). The van der Waals surface area contributed by atoms with Crippen LogP contribution in [0.4, 0.5) is 5.69 Å². The Morgan fingerprint density at radius 1 is 1.12 bits per heavy atom. The second kappa shape index (κ2) is 9.99. The van der Waals surface area contributed by atoms with Gasteiger partial charge in [0.15, 0.2) is 0 Å². The van der Waals surface area contributed by atoms with E-state index in [-0.39, 0.29) is 0 Å². The van der Waals surface area contributed by atoms with Gasteiger partial charge < -0.3 is 4.57 Å². The van der Waals surface area contributed by atoms with E-state index in [0.717, 1.165) is 38.8 Å². The van der Waals surface area contributed by atoms with Gasteiger partial charge in [-0.15, -0.1) is 0 Å². The molecule has 0 aliphatic rings. The summed E-state index contributed by atoms with van der Waals surface area (Å²) in [4.78, 5) is 12.5. The standard InChI is InChI=1S/C23H24Cl2N4O3S/c1-15-8-5-6-10-20(15)28(33(4,31)32)14-22(30)27-26-13-18-12-16(2)29(17(18)3)21-11-7-9-19(24)23(21)25/h5-13H,14H2,1-4H3,(H,27,30)/b26-13+. The van der Waals surface area contributed by atoms with Gasteiger partial charge >= 0.3 is 0 Å². The number of carbonyl (C=O) groups is 1. The van der Waals surface area contributed by atoms with Crippen LogP contribution in [0.25, 0.3) is 5.69 Å². The Balaban J connectivity index is 1.78. The third kappa shape index (κ3) is 5.58. The highest BCUT2D eigenvalue weighted by molar-refractivity contribution is 7.92. The predicted molar refractivity (Wildman–Crippen MR) is 134 cm³/mol. The second-order valence-electron chi connectivity index (χ2n) is 7.58. The number of para-hydroxylation sites is 1. The van der Waals surface area contributed by atoms with E-state index in [4.69, 9.17) is 23.2 Å². The largest absolute Gasteiger partial charge is 0.316 e. The Hall–Kier alpha value is -2.81. The van der Waals surface area contributed by atoms with Crippen LogP contribution in [-0.4, -0.2) is 37.9 Å². The van der Waals surface area contributed by atoms with Gasteiger partial charge in [0.25, 0.3) is 5.91 Å². The van der Waals surface area contributed by atoms with E-state index in [9.17, 15) is 13.2 Å². The first-order chi connectivity index (χ1) is 15.5. The quantitative estimate of drug-likeness (QED) is 0.374. The lowest BCUT2D eigenvalue weighted by Crippen LogP contribution is -2.39. The average Bonchev–Trinajstić information content (AvgIpc) is 3.01. The maximum Gasteiger partial charge on any atom is 0.260 e. The van der Waals surface area contributed by atoms with Gasteiger partial charge in [-0.25, -0.2) is 13.8 Å². The van der Waals surface area contributed by atoms with E-state index in [2.05, 4.69) is 10.5 Å². The number of aryl methyl sites for hydroxylation is 2. The maximum absolute atomic E-state index is 12.5. The first-order valence-electron chi connectivity index (χ1n) is 9.99. The van der Waals surface area contributed by atoms with E-state index < -0.39 is 22.5 Å². The fourth-order valence-corrected chi connectivity index (χ4v) is 4.81. The highest BCUT2D eigenvalue weighted by atomic mass is 35.5. The van der Waals surface area contributed by atoms with Crippen LogP contribution in [0.5, 0.6) is 0 Å². The minimum Gasteiger partial charge on any atom is -0.316 e. The number of sulfonamides is 1. The van der Waals surface area contributed by atoms with E-state index in [0.29, 0.717) is 15.7 Å². The van der Waals surface area contributed by atoms with Crippen molar-refractivity contribution < 1.29 is 13.2 Å². The van der Waals surface area contributed by atoms with Crippen molar-refractivity contribution >= 4 is 51.0 Å². The topological polar surface area (TPSA) is 83.8 Å². The summed E-state index contributed by atoms with van der Waals surface area (Å²) >= 11 is 12.5. The first kappa shape index (κ1) is 24.8. The van der Waals surface area contributed by atoms with Crippen LogP contribution >= 0.6 is 23.2 Å². The number of benzene rings is 2. The molecule has 3 aromatic rings. The van der Waals surface area contributed by atoms with Crippen molar-refractivity contribution in [2.24, 2.45) is 5.10 Å². The number of anilines is 1. The van der Waals surface area contributed by atoms with Gasteiger partial charge in [0, 0.05) is 17.0 Å². The van der Waals surface area contributed by atoms with Crippen molar-refractivity contribution in [3.8, 4) is 5.69 Å². The molecule has 0 aliphatic carbocycles. The summed E-state index contributed by atoms with van der Waals surface area (Å²) < 4.78 is 27.5. The molecule has 0 aliphatic heterocycles. The highest BCUT2D eigenvalue weighted by Crippen LogP contribution is 2.31. The van der Waals surface area contributed by atoms with Crippen LogP contribution in [0.2, 0.25) is 10.0 Å². The second-order valence-corrected chi connectivity index (χ2v) is 10.3. The van der Waals surface area contributed by atoms with Gasteiger partial charge in [-0.1, -0.05) is 47.5 Å². The third-order valence-corrected chi connectivity index (χ3v) is 7.04. The molecule has 1 amide bonds. The molecule has 33 heavy (non-hydrogen) atoms. The molecule has 174 valence electrons. The zero-order chi connectivity index (χ0) is 24.3. The minimum absolute atomic E-state index is 0.391. The number of hydrogen-bond donors (Lipinski definition) is 1. The minimum atomic E-state index is -3.67. The number of hydrogen-bond acceptors (Lipinski definition) is 4. The molecule has 7 nitrogen and oxygen atoms in total. The lowest BCUT2D eigenvalue weighted by Gasteiger charge is -2.23. The number of hydrazone groups is 1. The molecule has 0 bridgehead atoms. The van der Waals surface area contributed by atoms with E-state index in [1.807, 2.05) is 36.6 Å². The molecule has 0 unspecified atom stereocenters. The van der Waals surface area contributed by atoms with E-state index in [1.165, 1.54) is 6.21 Å². The number of carbonyl (C=O) groups excluding carboxylic acids is 1. The Bertz CT molecular complexity index is 1330. The Kier molecular flexibility index (Phi) is 7.51. The summed E-state index contributed by atoms with van der Waals surface area (Å²) in [6.07, 6.45) is 2.57. The Labute approximate surface area is 203 Å². The number of halogens is 2. The maximum atomic E-state index is 12.5. The molecule has 1 N–H and O–H groups in total. The number of rotatable bonds is 7. The van der Waals surface area contributed by atoms with Crippen molar-refractivity contribution in [2.75, 3.05) is 17.1 Å². The van der Waals surface area contributed by atoms with Crippen LogP contribution in [0.15, 0.2) is 53.6 Å². The van der Waals surface area contributed by atoms with Crippen LogP contribution in [0.3, 0.4) is 0 Å². The van der Waals surface area contributed by atoms with Gasteiger partial charge in [0.05, 0.1) is 33.9 Å². The highest BCUT2D eigenvalue weighted by Gasteiger charge is 2.22. The lowest BCUT2D eigenvalue weighted by molar-refractivity contribution is -0.119. The van der Waals surface area contributed by atoms with Gasteiger partial charge in [-0.3, -0.25) is 9.10 Å². The van der Waals surface area contributed by atoms with Gasteiger partial charge in [0.1, 0.15) is 6.54 Å². The molecule has 1 heterocycles. The molecule has 2 aromatic carbocycles. The third-order valence-electron chi connectivity index (χ3n) is 5.11. The SMILES string of the molecule is Cc1ccccc1N(CC(=O)N/N=C/c1cc(C)n(-c2cccc(Cl)c2Cl)c1C)S(C)(=O)=O. The van der Waals surface area contributed by atoms with Crippen LogP contribution in [0.1, 0.15) is 22.5 Å². The van der Waals surface area contributed by atoms with Gasteiger partial charge in [-0.05, 0) is 50.6 Å². The first-order valence-corrected chi connectivity index (χ1v) is 12.6. The lowest BCUT2D eigenvalue weighted by atomic mass is 10.2. The van der Waals surface area contributed by atoms with Crippen LogP contribution in [0, 0.1) is 20.8 Å². The molecule has 0 saturated heterocycles. The normalized spacial score (nSPS) is 11.7. The van der Waals surface area contributed by atoms with E-state index >= 15 is 0 Å². The molecule has 1 aromatic heterocycles. The molecule has 10 heteroatoms. The summed E-state index contributed by atoms with van der Waals surface area (Å²) in [5.41, 5.74) is 6.87. The monoisotopic (exact) mass is 506 g/mol. The fourth-order valence-electron chi connectivity index (χ4n) is 3.52. The van der Waals surface area contributed by atoms with Crippen molar-refractivity contribution in [1.82, 2.24) is 9.99 Å². The molecular formula is C23H24Cl2N4O3S. The van der Waals surface area contributed by atoms with Gasteiger partial charge in [-0.2, -0.15) is 5.10 Å². The molecule has 0 fully saturated rings. The smallest absolute Gasteiger partial charge is 0.260 e. The van der Waals surface area contributed by atoms with Crippen molar-refractivity contribution in [3.63, 3.8) is 0 Å². The molecule has 0 spiro atoms. The molecular weight excluding hydrogens is 483 g/mol. The number of amides is 1. The summed E-state index contributed by atoms with van der Waals surface area (Å²) in [6.45, 7) is 5.22. The van der Waals surface area contributed by atoms with Crippen molar-refractivity contribution in [1.29, 1.82) is 0 Å². The summed E-state index contributed by atoms with van der Waals surface area (Å²) in [6, 6.07) is 14.3. The Morgan fingerprint density at radius 2 is 1.82 bits per heavy atom. The molecule has 0 radical (unpaired) electrons. The fraction of sp³-hybridized carbons (Fsp3) is 0.217. The average molecular weight is 507 g/mol. The van der Waals surface area contributed by atoms with Crippen LogP contribution in [-0.2, 0) is 14.8 Å². The van der Waals surface area contributed by atoms with Crippen molar-refractivity contribution in [2.45, 2.75) is 20.8 Å². The summed E-state index contributed by atoms with van der Waals surface area (Å²) in [5, 5.41) is 4.91. The van der Waals surface area contributed by atoms with E-state index in [1.54, 1.807) is 37.3 Å². The zero-order valence-corrected chi connectivity index (χ0v) is 21.0. The van der Waals surface area contributed by atoms with Gasteiger partial charge in [0.2, 0.25) is 10.0 Å². The summed E-state index contributed by atoms with van der Waals surface area (Å²) in [5.74, 6) is -0.563. The number of nitrogens with zero attached hydrogens (tertiary/aromatic N) is 3. The zero-order valence-electron chi connectivity index (χ0n) is 18.6. The predicted octanol–water partition coefficient (Wildman–Crippen LogP) is 4.63.